The Balaban J connectivity index is 2.15. The number of hydrogen-bond acceptors (Lipinski definition) is 3. The number of benzene rings is 1. The number of amides is 1. The predicted molar refractivity (Wildman–Crippen MR) is 73.7 cm³/mol. The minimum absolute atomic E-state index is 0.281. The van der Waals surface area contributed by atoms with Crippen LogP contribution in [0.2, 0.25) is 0 Å². The number of nitrogens with zero attached hydrogens (tertiary/aromatic N) is 2. The van der Waals surface area contributed by atoms with Crippen molar-refractivity contribution in [3.05, 3.63) is 32.7 Å². The van der Waals surface area contributed by atoms with E-state index in [-0.39, 0.29) is 5.91 Å². The number of rotatable bonds is 2. The molecule has 1 N–H and O–H groups in total. The number of halogens is 3. The minimum Gasteiger partial charge on any atom is -0.317 e. The topological polar surface area (TPSA) is 44.7 Å². The zero-order valence-electron chi connectivity index (χ0n) is 8.53. The average Bonchev–Trinajstić information content (AvgIpc) is 2.25. The highest BCUT2D eigenvalue weighted by Gasteiger charge is 2.20. The number of carbonyl (C=O) groups is 1. The molecule has 0 fully saturated rings. The number of hydrazone groups is 1. The van der Waals surface area contributed by atoms with E-state index in [1.165, 1.54) is 6.21 Å². The highest BCUT2D eigenvalue weighted by atomic mass is 79.9. The van der Waals surface area contributed by atoms with Crippen LogP contribution in [0.5, 0.6) is 0 Å². The van der Waals surface area contributed by atoms with Gasteiger partial charge in [0.2, 0.25) is 0 Å². The Morgan fingerprint density at radius 1 is 1.47 bits per heavy atom. The van der Waals surface area contributed by atoms with Gasteiger partial charge >= 0.3 is 0 Å². The number of nitrogens with one attached hydrogen (secondary N) is 1. The summed E-state index contributed by atoms with van der Waals surface area (Å²) in [6, 6.07) is 5.85. The summed E-state index contributed by atoms with van der Waals surface area (Å²) in [6.07, 6.45) is 1.21. The fourth-order valence-electron chi connectivity index (χ4n) is 1.36. The van der Waals surface area contributed by atoms with Crippen molar-refractivity contribution in [3.8, 4) is 0 Å². The smallest absolute Gasteiger partial charge is 0.266 e. The van der Waals surface area contributed by atoms with Crippen LogP contribution in [0, 0.1) is 0 Å². The van der Waals surface area contributed by atoms with E-state index in [9.17, 15) is 4.79 Å². The third-order valence-electron chi connectivity index (χ3n) is 2.19. The summed E-state index contributed by atoms with van der Waals surface area (Å²) in [5.74, 6) is -0.281. The summed E-state index contributed by atoms with van der Waals surface area (Å²) < 4.78 is 1.95. The second kappa shape index (κ2) is 5.37. The summed E-state index contributed by atoms with van der Waals surface area (Å²) in [5.41, 5.74) is 0.412. The molecule has 0 spiro atoms. The molecular weight excluding hydrogens is 373 g/mol. The molecule has 1 heterocycles. The van der Waals surface area contributed by atoms with Crippen LogP contribution in [0.25, 0.3) is 0 Å². The lowest BCUT2D eigenvalue weighted by molar-refractivity contribution is -0.116. The van der Waals surface area contributed by atoms with E-state index in [1.807, 2.05) is 18.2 Å². The molecule has 17 heavy (non-hydrogen) atoms. The second-order valence-corrected chi connectivity index (χ2v) is 5.61. The van der Waals surface area contributed by atoms with E-state index in [1.54, 1.807) is 5.01 Å². The molecule has 1 aromatic carbocycles. The van der Waals surface area contributed by atoms with Crippen molar-refractivity contribution in [1.82, 2.24) is 10.3 Å². The third kappa shape index (κ3) is 3.20. The Hall–Kier alpha value is -0.590. The number of alkyl halides is 1. The molecule has 7 heteroatoms. The molecule has 1 aliphatic heterocycles. The Morgan fingerprint density at radius 2 is 2.24 bits per heavy atom. The van der Waals surface area contributed by atoms with Gasteiger partial charge in [0.1, 0.15) is 6.21 Å². The van der Waals surface area contributed by atoms with Gasteiger partial charge in [-0.25, -0.2) is 0 Å². The van der Waals surface area contributed by atoms with Gasteiger partial charge < -0.3 is 5.32 Å². The van der Waals surface area contributed by atoms with Gasteiger partial charge in [0, 0.05) is 8.95 Å². The molecule has 1 aliphatic rings. The van der Waals surface area contributed by atoms with Gasteiger partial charge in [0.25, 0.3) is 5.91 Å². The Labute approximate surface area is 120 Å². The van der Waals surface area contributed by atoms with Crippen LogP contribution >= 0.6 is 43.5 Å². The highest BCUT2D eigenvalue weighted by molar-refractivity contribution is 9.11. The van der Waals surface area contributed by atoms with Crippen LogP contribution in [-0.4, -0.2) is 22.8 Å². The van der Waals surface area contributed by atoms with Crippen molar-refractivity contribution in [2.45, 2.75) is 12.2 Å². The van der Waals surface area contributed by atoms with Crippen molar-refractivity contribution in [3.63, 3.8) is 0 Å². The van der Waals surface area contributed by atoms with Crippen LogP contribution in [0.15, 0.2) is 32.2 Å². The Bertz CT molecular complexity index is 481. The molecule has 0 aliphatic carbocycles. The molecular formula is C10H8Br2ClN3O. The molecule has 0 unspecified atom stereocenters. The first-order valence-corrected chi connectivity index (χ1v) is 6.77. The summed E-state index contributed by atoms with van der Waals surface area (Å²) in [7, 11) is 0. The van der Waals surface area contributed by atoms with E-state index in [2.05, 4.69) is 42.3 Å². The van der Waals surface area contributed by atoms with Crippen molar-refractivity contribution >= 4 is 55.6 Å². The normalized spacial score (nSPS) is 19.4. The SMILES string of the molecule is O=C1C=NN(Cc2ccc(Br)cc2Br)[C@H](Cl)N1. The van der Waals surface area contributed by atoms with E-state index in [0.29, 0.717) is 6.54 Å². The van der Waals surface area contributed by atoms with Crippen molar-refractivity contribution in [2.24, 2.45) is 5.10 Å². The summed E-state index contributed by atoms with van der Waals surface area (Å²) in [6.45, 7) is 0.513. The molecule has 1 amide bonds. The van der Waals surface area contributed by atoms with Gasteiger partial charge in [0.05, 0.1) is 6.54 Å². The van der Waals surface area contributed by atoms with Gasteiger partial charge in [0.15, 0.2) is 5.62 Å². The fourth-order valence-corrected chi connectivity index (χ4v) is 2.76. The van der Waals surface area contributed by atoms with Crippen molar-refractivity contribution < 1.29 is 4.79 Å². The molecule has 0 bridgehead atoms. The van der Waals surface area contributed by atoms with E-state index >= 15 is 0 Å². The summed E-state index contributed by atoms with van der Waals surface area (Å²) in [4.78, 5) is 11.0. The molecule has 0 aromatic heterocycles. The van der Waals surface area contributed by atoms with Crippen molar-refractivity contribution in [2.75, 3.05) is 0 Å². The number of hydrogen-bond donors (Lipinski definition) is 1. The maximum atomic E-state index is 11.0. The van der Waals surface area contributed by atoms with Gasteiger partial charge in [-0.3, -0.25) is 9.80 Å². The van der Waals surface area contributed by atoms with Gasteiger partial charge in [-0.15, -0.1) is 0 Å². The maximum Gasteiger partial charge on any atom is 0.266 e. The lowest BCUT2D eigenvalue weighted by Crippen LogP contribution is -2.46. The third-order valence-corrected chi connectivity index (χ3v) is 3.76. The average molecular weight is 381 g/mol. The monoisotopic (exact) mass is 379 g/mol. The molecule has 0 radical (unpaired) electrons. The first-order valence-electron chi connectivity index (χ1n) is 4.75. The highest BCUT2D eigenvalue weighted by Crippen LogP contribution is 2.24. The first-order chi connectivity index (χ1) is 8.06. The van der Waals surface area contributed by atoms with Crippen LogP contribution in [-0.2, 0) is 11.3 Å². The zero-order chi connectivity index (χ0) is 12.4. The molecule has 1 aromatic rings. The summed E-state index contributed by atoms with van der Waals surface area (Å²) >= 11 is 12.8. The lowest BCUT2D eigenvalue weighted by Gasteiger charge is -2.27. The van der Waals surface area contributed by atoms with Crippen LogP contribution in [0.3, 0.4) is 0 Å². The maximum absolute atomic E-state index is 11.0. The minimum atomic E-state index is -0.622. The zero-order valence-corrected chi connectivity index (χ0v) is 12.5. The van der Waals surface area contributed by atoms with E-state index in [0.717, 1.165) is 14.5 Å². The number of carbonyl (C=O) groups excluding carboxylic acids is 1. The molecule has 2 rings (SSSR count). The van der Waals surface area contributed by atoms with Crippen LogP contribution in [0.4, 0.5) is 0 Å². The quantitative estimate of drug-likeness (QED) is 0.632. The van der Waals surface area contributed by atoms with Crippen LogP contribution < -0.4 is 5.32 Å². The molecule has 1 atom stereocenters. The lowest BCUT2D eigenvalue weighted by atomic mass is 10.2. The Kier molecular flexibility index (Phi) is 4.06. The van der Waals surface area contributed by atoms with Gasteiger partial charge in [-0.05, 0) is 17.7 Å². The summed E-state index contributed by atoms with van der Waals surface area (Å²) in [5, 5.41) is 8.14. The van der Waals surface area contributed by atoms with Gasteiger partial charge in [-0.1, -0.05) is 49.5 Å². The van der Waals surface area contributed by atoms with Gasteiger partial charge in [-0.2, -0.15) is 5.10 Å². The van der Waals surface area contributed by atoms with E-state index < -0.39 is 5.62 Å². The first kappa shape index (κ1) is 12.9. The molecule has 0 saturated heterocycles. The van der Waals surface area contributed by atoms with Crippen molar-refractivity contribution in [1.29, 1.82) is 0 Å². The molecule has 0 saturated carbocycles. The standard InChI is InChI=1S/C10H8Br2ClN3O/c11-7-2-1-6(8(12)3-7)5-16-10(13)15-9(17)4-14-16/h1-4,10H,5H2,(H,15,17)/t10-/m1/s1. The Morgan fingerprint density at radius 3 is 2.88 bits per heavy atom. The fraction of sp³-hybridized carbons (Fsp3) is 0.200. The molecule has 90 valence electrons. The predicted octanol–water partition coefficient (Wildman–Crippen LogP) is 2.65. The van der Waals surface area contributed by atoms with Crippen LogP contribution in [0.1, 0.15) is 5.56 Å². The van der Waals surface area contributed by atoms with E-state index in [4.69, 9.17) is 11.6 Å². The largest absolute Gasteiger partial charge is 0.317 e. The second-order valence-electron chi connectivity index (χ2n) is 3.42. The molecule has 4 nitrogen and oxygen atoms in total.